The van der Waals surface area contributed by atoms with Gasteiger partial charge in [0.2, 0.25) is 12.2 Å². The normalized spacial score (nSPS) is 11.8. The summed E-state index contributed by atoms with van der Waals surface area (Å²) in [4.78, 5) is 18.2. The number of aromatic nitrogens is 2. The first-order chi connectivity index (χ1) is 6.24. The van der Waals surface area contributed by atoms with Gasteiger partial charge >= 0.3 is 5.97 Å². The standard InChI is InChI=1S/C8H9N2O3/c1-6(8(11)12-2)13-7-3-4-9-5-10-7/h3-4,6H,1-2H3. The van der Waals surface area contributed by atoms with Crippen LogP contribution >= 0.6 is 0 Å². The van der Waals surface area contributed by atoms with Crippen LogP contribution in [0.5, 0.6) is 5.88 Å². The van der Waals surface area contributed by atoms with Crippen molar-refractivity contribution in [2.24, 2.45) is 0 Å². The smallest absolute Gasteiger partial charge is 0.346 e. The molecule has 0 fully saturated rings. The highest BCUT2D eigenvalue weighted by Crippen LogP contribution is 2.05. The van der Waals surface area contributed by atoms with Gasteiger partial charge in [0.15, 0.2) is 6.10 Å². The van der Waals surface area contributed by atoms with Crippen molar-refractivity contribution in [3.63, 3.8) is 0 Å². The summed E-state index contributed by atoms with van der Waals surface area (Å²) < 4.78 is 9.58. The lowest BCUT2D eigenvalue weighted by Gasteiger charge is -2.10. The summed E-state index contributed by atoms with van der Waals surface area (Å²) in [6, 6.07) is 1.54. The number of methoxy groups -OCH3 is 1. The number of carbonyl (C=O) groups excluding carboxylic acids is 1. The molecule has 1 aromatic heterocycles. The Morgan fingerprint density at radius 2 is 2.46 bits per heavy atom. The van der Waals surface area contributed by atoms with Crippen LogP contribution < -0.4 is 4.74 Å². The summed E-state index contributed by atoms with van der Waals surface area (Å²) in [5.74, 6) is -0.147. The minimum absolute atomic E-state index is 0.299. The zero-order chi connectivity index (χ0) is 9.68. The predicted molar refractivity (Wildman–Crippen MR) is 43.0 cm³/mol. The Hall–Kier alpha value is -1.65. The zero-order valence-corrected chi connectivity index (χ0v) is 7.35. The summed E-state index contributed by atoms with van der Waals surface area (Å²) in [5.41, 5.74) is 0. The Balaban J connectivity index is 2.55. The van der Waals surface area contributed by atoms with E-state index in [4.69, 9.17) is 4.74 Å². The van der Waals surface area contributed by atoms with E-state index in [1.165, 1.54) is 19.4 Å². The van der Waals surface area contributed by atoms with Crippen molar-refractivity contribution in [2.45, 2.75) is 13.0 Å². The van der Waals surface area contributed by atoms with Gasteiger partial charge in [0.1, 0.15) is 0 Å². The third-order valence-corrected chi connectivity index (χ3v) is 1.34. The molecule has 1 aromatic rings. The first-order valence-electron chi connectivity index (χ1n) is 3.67. The fraction of sp³-hybridized carbons (Fsp3) is 0.375. The lowest BCUT2D eigenvalue weighted by atomic mass is 10.4. The predicted octanol–water partition coefficient (Wildman–Crippen LogP) is 0.217. The second-order valence-electron chi connectivity index (χ2n) is 2.28. The van der Waals surface area contributed by atoms with Crippen LogP contribution in [0.25, 0.3) is 0 Å². The van der Waals surface area contributed by atoms with Gasteiger partial charge in [-0.3, -0.25) is 0 Å². The number of esters is 1. The second kappa shape index (κ2) is 4.39. The molecule has 1 radical (unpaired) electrons. The van der Waals surface area contributed by atoms with E-state index in [-0.39, 0.29) is 0 Å². The lowest BCUT2D eigenvalue weighted by Crippen LogP contribution is -2.25. The van der Waals surface area contributed by atoms with E-state index < -0.39 is 12.1 Å². The van der Waals surface area contributed by atoms with Gasteiger partial charge < -0.3 is 9.47 Å². The van der Waals surface area contributed by atoms with Crippen molar-refractivity contribution in [3.8, 4) is 5.88 Å². The second-order valence-corrected chi connectivity index (χ2v) is 2.28. The summed E-state index contributed by atoms with van der Waals surface area (Å²) in [5, 5.41) is 0. The van der Waals surface area contributed by atoms with Crippen molar-refractivity contribution < 1.29 is 14.3 Å². The van der Waals surface area contributed by atoms with Crippen LogP contribution in [-0.4, -0.2) is 29.2 Å². The van der Waals surface area contributed by atoms with E-state index in [0.29, 0.717) is 5.88 Å². The average Bonchev–Trinajstić information content (AvgIpc) is 2.18. The van der Waals surface area contributed by atoms with Gasteiger partial charge in [-0.2, -0.15) is 4.98 Å². The molecule has 0 aliphatic rings. The number of rotatable bonds is 3. The largest absolute Gasteiger partial charge is 0.466 e. The topological polar surface area (TPSA) is 61.3 Å². The van der Waals surface area contributed by atoms with E-state index in [9.17, 15) is 4.79 Å². The molecule has 0 N–H and O–H groups in total. The number of carbonyl (C=O) groups is 1. The molecule has 13 heavy (non-hydrogen) atoms. The number of nitrogens with zero attached hydrogens (tertiary/aromatic N) is 2. The molecule has 0 saturated heterocycles. The third-order valence-electron chi connectivity index (χ3n) is 1.34. The SMILES string of the molecule is COC(=O)C(C)Oc1ccn[c]n1. The number of hydrogen-bond acceptors (Lipinski definition) is 5. The summed E-state index contributed by atoms with van der Waals surface area (Å²) in [6.07, 6.45) is 3.15. The fourth-order valence-electron chi connectivity index (χ4n) is 0.711. The summed E-state index contributed by atoms with van der Waals surface area (Å²) in [7, 11) is 1.30. The van der Waals surface area contributed by atoms with Crippen LogP contribution in [0.4, 0.5) is 0 Å². The van der Waals surface area contributed by atoms with Crippen LogP contribution in [0.1, 0.15) is 6.92 Å². The number of hydrogen-bond donors (Lipinski definition) is 0. The summed E-state index contributed by atoms with van der Waals surface area (Å²) in [6.45, 7) is 1.58. The van der Waals surface area contributed by atoms with Crippen LogP contribution in [0, 0.1) is 6.33 Å². The quantitative estimate of drug-likeness (QED) is 0.624. The summed E-state index contributed by atoms with van der Waals surface area (Å²) >= 11 is 0. The number of ether oxygens (including phenoxy) is 2. The molecule has 0 amide bonds. The molecule has 1 atom stereocenters. The third kappa shape index (κ3) is 2.70. The lowest BCUT2D eigenvalue weighted by molar-refractivity contribution is -0.148. The monoisotopic (exact) mass is 181 g/mol. The van der Waals surface area contributed by atoms with Gasteiger partial charge in [-0.05, 0) is 6.92 Å². The maximum absolute atomic E-state index is 10.9. The maximum Gasteiger partial charge on any atom is 0.346 e. The Kier molecular flexibility index (Phi) is 3.19. The molecule has 1 heterocycles. The van der Waals surface area contributed by atoms with Crippen LogP contribution in [0.15, 0.2) is 12.3 Å². The minimum atomic E-state index is -0.673. The average molecular weight is 181 g/mol. The highest BCUT2D eigenvalue weighted by atomic mass is 16.6. The first-order valence-corrected chi connectivity index (χ1v) is 3.67. The van der Waals surface area contributed by atoms with Crippen LogP contribution in [-0.2, 0) is 9.53 Å². The maximum atomic E-state index is 10.9. The molecule has 0 bridgehead atoms. The first kappa shape index (κ1) is 9.44. The van der Waals surface area contributed by atoms with Gasteiger partial charge in [0.25, 0.3) is 0 Å². The van der Waals surface area contributed by atoms with E-state index in [0.717, 1.165) is 0 Å². The molecule has 0 aliphatic heterocycles. The Bertz CT molecular complexity index is 276. The zero-order valence-electron chi connectivity index (χ0n) is 7.35. The molecule has 1 unspecified atom stereocenters. The van der Waals surface area contributed by atoms with Crippen LogP contribution in [0.2, 0.25) is 0 Å². The van der Waals surface area contributed by atoms with E-state index in [1.807, 2.05) is 0 Å². The minimum Gasteiger partial charge on any atom is -0.466 e. The molecule has 5 nitrogen and oxygen atoms in total. The van der Waals surface area contributed by atoms with Gasteiger partial charge in [-0.1, -0.05) is 0 Å². The van der Waals surface area contributed by atoms with E-state index in [1.54, 1.807) is 6.92 Å². The van der Waals surface area contributed by atoms with Gasteiger partial charge in [0, 0.05) is 12.3 Å². The molecule has 0 saturated carbocycles. The van der Waals surface area contributed by atoms with Crippen molar-refractivity contribution in [1.29, 1.82) is 0 Å². The highest BCUT2D eigenvalue weighted by molar-refractivity contribution is 5.74. The molecular formula is C8H9N2O3. The van der Waals surface area contributed by atoms with Crippen molar-refractivity contribution >= 4 is 5.97 Å². The van der Waals surface area contributed by atoms with Crippen molar-refractivity contribution in [3.05, 3.63) is 18.6 Å². The fourth-order valence-corrected chi connectivity index (χ4v) is 0.711. The molecule has 5 heteroatoms. The molecule has 0 aromatic carbocycles. The molecule has 0 spiro atoms. The molecule has 0 aliphatic carbocycles. The van der Waals surface area contributed by atoms with Gasteiger partial charge in [-0.25, -0.2) is 9.78 Å². The molecule has 1 rings (SSSR count). The highest BCUT2D eigenvalue weighted by Gasteiger charge is 2.14. The Labute approximate surface area is 75.7 Å². The molecule has 69 valence electrons. The van der Waals surface area contributed by atoms with Crippen molar-refractivity contribution in [1.82, 2.24) is 9.97 Å². The Morgan fingerprint density at radius 3 is 3.00 bits per heavy atom. The van der Waals surface area contributed by atoms with Crippen LogP contribution in [0.3, 0.4) is 0 Å². The van der Waals surface area contributed by atoms with E-state index in [2.05, 4.69) is 21.0 Å². The van der Waals surface area contributed by atoms with Crippen molar-refractivity contribution in [2.75, 3.05) is 7.11 Å². The van der Waals surface area contributed by atoms with Gasteiger partial charge in [-0.15, -0.1) is 0 Å². The van der Waals surface area contributed by atoms with E-state index >= 15 is 0 Å². The van der Waals surface area contributed by atoms with Gasteiger partial charge in [0.05, 0.1) is 7.11 Å². The Morgan fingerprint density at radius 1 is 1.69 bits per heavy atom. The molecular weight excluding hydrogens is 172 g/mol.